The van der Waals surface area contributed by atoms with Gasteiger partial charge < -0.3 is 9.14 Å². The predicted octanol–water partition coefficient (Wildman–Crippen LogP) is 4.69. The zero-order chi connectivity index (χ0) is 14.9. The zero-order valence-electron chi connectivity index (χ0n) is 12.2. The van der Waals surface area contributed by atoms with E-state index in [1.807, 2.05) is 18.2 Å². The molecule has 1 aromatic carbocycles. The maximum absolute atomic E-state index is 5.77. The van der Waals surface area contributed by atoms with Crippen molar-refractivity contribution >= 4 is 21.6 Å². The third-order valence-electron chi connectivity index (χ3n) is 3.99. The van der Waals surface area contributed by atoms with Crippen LogP contribution in [-0.2, 0) is 18.0 Å². The Morgan fingerprint density at radius 2 is 1.95 bits per heavy atom. The number of fused-ring (bicyclic) bond motifs is 1. The van der Waals surface area contributed by atoms with E-state index in [-0.39, 0.29) is 0 Å². The molecule has 0 saturated heterocycles. The highest BCUT2D eigenvalue weighted by Gasteiger charge is 2.24. The Morgan fingerprint density at radius 3 is 2.73 bits per heavy atom. The number of hydrogen-bond donors (Lipinski definition) is 0. The van der Waals surface area contributed by atoms with Gasteiger partial charge in [0.25, 0.3) is 0 Å². The van der Waals surface area contributed by atoms with Crippen LogP contribution in [0.25, 0.3) is 5.65 Å². The third-order valence-corrected chi connectivity index (χ3v) is 4.57. The lowest BCUT2D eigenvalue weighted by molar-refractivity contribution is 0.105. The van der Waals surface area contributed by atoms with Gasteiger partial charge in [0.15, 0.2) is 5.65 Å². The average Bonchev–Trinajstić information content (AvgIpc) is 3.29. The standard InChI is InChI=1S/C18H17BrN2O/c19-17-8-15(14-6-7-14)9-21-10-16(20-18(17)21)12-22-11-13-4-2-1-3-5-13/h1-5,8-10,14H,6-7,11-12H2. The number of halogens is 1. The van der Waals surface area contributed by atoms with Crippen LogP contribution in [0.3, 0.4) is 0 Å². The van der Waals surface area contributed by atoms with E-state index < -0.39 is 0 Å². The van der Waals surface area contributed by atoms with Gasteiger partial charge in [-0.2, -0.15) is 0 Å². The van der Waals surface area contributed by atoms with E-state index in [1.165, 1.54) is 24.0 Å². The predicted molar refractivity (Wildman–Crippen MR) is 89.8 cm³/mol. The number of rotatable bonds is 5. The highest BCUT2D eigenvalue weighted by atomic mass is 79.9. The number of aromatic nitrogens is 2. The topological polar surface area (TPSA) is 26.5 Å². The molecule has 3 nitrogen and oxygen atoms in total. The Bertz CT molecular complexity index is 793. The Balaban J connectivity index is 1.49. The fourth-order valence-electron chi connectivity index (χ4n) is 2.69. The molecule has 0 unspecified atom stereocenters. The number of pyridine rings is 1. The van der Waals surface area contributed by atoms with Crippen molar-refractivity contribution in [2.75, 3.05) is 0 Å². The monoisotopic (exact) mass is 356 g/mol. The molecule has 22 heavy (non-hydrogen) atoms. The molecule has 3 aromatic rings. The highest BCUT2D eigenvalue weighted by molar-refractivity contribution is 9.10. The molecule has 0 bridgehead atoms. The summed E-state index contributed by atoms with van der Waals surface area (Å²) < 4.78 is 8.95. The molecule has 0 radical (unpaired) electrons. The maximum atomic E-state index is 5.77. The molecule has 4 heteroatoms. The van der Waals surface area contributed by atoms with E-state index in [4.69, 9.17) is 4.74 Å². The van der Waals surface area contributed by atoms with Crippen molar-refractivity contribution in [2.45, 2.75) is 32.0 Å². The van der Waals surface area contributed by atoms with Crippen molar-refractivity contribution in [3.8, 4) is 0 Å². The van der Waals surface area contributed by atoms with E-state index >= 15 is 0 Å². The molecule has 2 heterocycles. The summed E-state index contributed by atoms with van der Waals surface area (Å²) in [6.07, 6.45) is 6.88. The minimum atomic E-state index is 0.530. The largest absolute Gasteiger partial charge is 0.370 e. The van der Waals surface area contributed by atoms with Crippen molar-refractivity contribution in [3.63, 3.8) is 0 Å². The molecular weight excluding hydrogens is 340 g/mol. The molecule has 2 aromatic heterocycles. The fourth-order valence-corrected chi connectivity index (χ4v) is 3.24. The zero-order valence-corrected chi connectivity index (χ0v) is 13.8. The van der Waals surface area contributed by atoms with Crippen LogP contribution in [0.15, 0.2) is 53.3 Å². The van der Waals surface area contributed by atoms with Gasteiger partial charge in [-0.05, 0) is 51.9 Å². The summed E-state index contributed by atoms with van der Waals surface area (Å²) in [5.41, 5.74) is 4.50. The first-order chi connectivity index (χ1) is 10.8. The number of ether oxygens (including phenoxy) is 1. The van der Waals surface area contributed by atoms with Crippen LogP contribution in [0.4, 0.5) is 0 Å². The smallest absolute Gasteiger partial charge is 0.151 e. The Morgan fingerprint density at radius 1 is 1.14 bits per heavy atom. The van der Waals surface area contributed by atoms with Gasteiger partial charge in [0.05, 0.1) is 23.4 Å². The van der Waals surface area contributed by atoms with E-state index in [2.05, 4.69) is 55.9 Å². The molecule has 0 amide bonds. The van der Waals surface area contributed by atoms with Gasteiger partial charge in [0.2, 0.25) is 0 Å². The lowest BCUT2D eigenvalue weighted by Crippen LogP contribution is -1.93. The molecule has 1 saturated carbocycles. The van der Waals surface area contributed by atoms with Crippen molar-refractivity contribution in [1.29, 1.82) is 0 Å². The summed E-state index contributed by atoms with van der Waals surface area (Å²) in [7, 11) is 0. The van der Waals surface area contributed by atoms with Crippen LogP contribution in [-0.4, -0.2) is 9.38 Å². The fraction of sp³-hybridized carbons (Fsp3) is 0.278. The Hall–Kier alpha value is -1.65. The number of imidazole rings is 1. The third kappa shape index (κ3) is 2.94. The summed E-state index contributed by atoms with van der Waals surface area (Å²) in [5.74, 6) is 0.737. The summed E-state index contributed by atoms with van der Waals surface area (Å²) >= 11 is 3.64. The SMILES string of the molecule is Brc1cc(C2CC2)cn2cc(COCc3ccccc3)nc12. The summed E-state index contributed by atoms with van der Waals surface area (Å²) in [6, 6.07) is 12.4. The van der Waals surface area contributed by atoms with E-state index in [0.717, 1.165) is 21.7 Å². The van der Waals surface area contributed by atoms with Gasteiger partial charge in [0, 0.05) is 12.4 Å². The second-order valence-electron chi connectivity index (χ2n) is 5.84. The summed E-state index contributed by atoms with van der Waals surface area (Å²) in [5, 5.41) is 0. The first-order valence-corrected chi connectivity index (χ1v) is 8.37. The van der Waals surface area contributed by atoms with Crippen molar-refractivity contribution in [3.05, 3.63) is 70.1 Å². The van der Waals surface area contributed by atoms with E-state index in [9.17, 15) is 0 Å². The summed E-state index contributed by atoms with van der Waals surface area (Å²) in [4.78, 5) is 4.66. The molecule has 0 aliphatic heterocycles. The number of hydrogen-bond acceptors (Lipinski definition) is 2. The molecule has 4 rings (SSSR count). The van der Waals surface area contributed by atoms with Crippen LogP contribution < -0.4 is 0 Å². The molecular formula is C18H17BrN2O. The second-order valence-corrected chi connectivity index (χ2v) is 6.69. The van der Waals surface area contributed by atoms with Crippen LogP contribution >= 0.6 is 15.9 Å². The van der Waals surface area contributed by atoms with Crippen LogP contribution in [0, 0.1) is 0 Å². The van der Waals surface area contributed by atoms with Crippen LogP contribution in [0.5, 0.6) is 0 Å². The van der Waals surface area contributed by atoms with E-state index in [0.29, 0.717) is 13.2 Å². The van der Waals surface area contributed by atoms with Crippen LogP contribution in [0.1, 0.15) is 35.6 Å². The first kappa shape index (κ1) is 14.0. The average molecular weight is 357 g/mol. The lowest BCUT2D eigenvalue weighted by Gasteiger charge is -2.01. The van der Waals surface area contributed by atoms with Gasteiger partial charge in [-0.1, -0.05) is 30.3 Å². The molecule has 1 fully saturated rings. The minimum absolute atomic E-state index is 0.530. The van der Waals surface area contributed by atoms with Gasteiger partial charge in [-0.3, -0.25) is 0 Å². The van der Waals surface area contributed by atoms with Crippen molar-refractivity contribution in [1.82, 2.24) is 9.38 Å². The van der Waals surface area contributed by atoms with Crippen molar-refractivity contribution < 1.29 is 4.74 Å². The lowest BCUT2D eigenvalue weighted by atomic mass is 10.2. The minimum Gasteiger partial charge on any atom is -0.370 e. The van der Waals surface area contributed by atoms with Crippen LogP contribution in [0.2, 0.25) is 0 Å². The second kappa shape index (κ2) is 5.86. The maximum Gasteiger partial charge on any atom is 0.151 e. The van der Waals surface area contributed by atoms with E-state index in [1.54, 1.807) is 0 Å². The molecule has 1 aliphatic carbocycles. The molecule has 0 atom stereocenters. The van der Waals surface area contributed by atoms with Gasteiger partial charge >= 0.3 is 0 Å². The first-order valence-electron chi connectivity index (χ1n) is 7.58. The molecule has 0 spiro atoms. The van der Waals surface area contributed by atoms with Gasteiger partial charge in [0.1, 0.15) is 0 Å². The van der Waals surface area contributed by atoms with Crippen molar-refractivity contribution in [2.24, 2.45) is 0 Å². The number of nitrogens with zero attached hydrogens (tertiary/aromatic N) is 2. The molecule has 1 aliphatic rings. The molecule has 112 valence electrons. The highest BCUT2D eigenvalue weighted by Crippen LogP contribution is 2.41. The quantitative estimate of drug-likeness (QED) is 0.662. The Kier molecular flexibility index (Phi) is 3.72. The van der Waals surface area contributed by atoms with Gasteiger partial charge in [-0.15, -0.1) is 0 Å². The van der Waals surface area contributed by atoms with Gasteiger partial charge in [-0.25, -0.2) is 4.98 Å². The molecule has 0 N–H and O–H groups in total. The number of benzene rings is 1. The normalized spacial score (nSPS) is 14.6. The summed E-state index contributed by atoms with van der Waals surface area (Å²) in [6.45, 7) is 1.14. The Labute approximate surface area is 138 Å².